The van der Waals surface area contributed by atoms with Crippen LogP contribution < -0.4 is 16.0 Å². The Balaban J connectivity index is 1.15. The molecule has 1 aromatic heterocycles. The van der Waals surface area contributed by atoms with Gasteiger partial charge in [0, 0.05) is 56.1 Å². The molecule has 9 heteroatoms. The highest BCUT2D eigenvalue weighted by atomic mass is 19.1. The van der Waals surface area contributed by atoms with Gasteiger partial charge >= 0.3 is 0 Å². The van der Waals surface area contributed by atoms with Crippen molar-refractivity contribution in [2.75, 3.05) is 32.7 Å². The lowest BCUT2D eigenvalue weighted by atomic mass is 10.1. The molecule has 2 fully saturated rings. The van der Waals surface area contributed by atoms with Crippen LogP contribution in [0.2, 0.25) is 0 Å². The first-order valence-corrected chi connectivity index (χ1v) is 12.7. The topological polar surface area (TPSA) is 94.2 Å². The maximum absolute atomic E-state index is 13.3. The van der Waals surface area contributed by atoms with Crippen molar-refractivity contribution in [2.45, 2.75) is 37.3 Å². The molecule has 1 aliphatic heterocycles. The fourth-order valence-electron chi connectivity index (χ4n) is 4.78. The molecular weight excluding hydrogens is 459 g/mol. The number of hydrogen-bond acceptors (Lipinski definition) is 4. The standard InChI is InChI=1S/C27H33FN6O2/c28-21-7-3-19(4-8-21)23-18-25(23)30-11-1-2-24(27(36)33-15-12-29-13-16-33)32-26(35)20-5-9-22(10-6-20)34-17-14-31-34/h3-10,14,17,23-25,29-31H,1-2,11-13,15-16,18H2,(H,32,35)/t23-,24-,25+/m0/s1. The highest BCUT2D eigenvalue weighted by molar-refractivity contribution is 5.97. The predicted octanol–water partition coefficient (Wildman–Crippen LogP) is 2.40. The van der Waals surface area contributed by atoms with E-state index in [0.29, 0.717) is 37.0 Å². The Kier molecular flexibility index (Phi) is 7.48. The molecule has 3 aromatic rings. The summed E-state index contributed by atoms with van der Waals surface area (Å²) < 4.78 is 15.0. The number of nitrogens with zero attached hydrogens (tertiary/aromatic N) is 2. The molecule has 5 rings (SSSR count). The quantitative estimate of drug-likeness (QED) is 0.327. The Morgan fingerprint density at radius 2 is 1.78 bits per heavy atom. The Morgan fingerprint density at radius 1 is 1.06 bits per heavy atom. The summed E-state index contributed by atoms with van der Waals surface area (Å²) in [4.78, 5) is 28.1. The second-order valence-corrected chi connectivity index (χ2v) is 9.56. The summed E-state index contributed by atoms with van der Waals surface area (Å²) in [6.45, 7) is 3.59. The highest BCUT2D eigenvalue weighted by Gasteiger charge is 2.37. The average Bonchev–Trinajstić information content (AvgIpc) is 3.65. The molecular formula is C27H33FN6O2. The van der Waals surface area contributed by atoms with E-state index in [2.05, 4.69) is 21.0 Å². The molecule has 36 heavy (non-hydrogen) atoms. The van der Waals surface area contributed by atoms with Crippen LogP contribution in [-0.4, -0.2) is 71.3 Å². The van der Waals surface area contributed by atoms with E-state index in [-0.39, 0.29) is 17.6 Å². The molecule has 1 saturated carbocycles. The number of carbonyl (C=O) groups excluding carboxylic acids is 2. The molecule has 0 spiro atoms. The summed E-state index contributed by atoms with van der Waals surface area (Å²) in [5, 5.41) is 12.8. The number of H-pyrrole nitrogens is 1. The van der Waals surface area contributed by atoms with Crippen LogP contribution in [0.1, 0.15) is 41.1 Å². The molecule has 0 unspecified atom stereocenters. The lowest BCUT2D eigenvalue weighted by Crippen LogP contribution is -2.54. The van der Waals surface area contributed by atoms with Crippen molar-refractivity contribution in [3.05, 3.63) is 77.9 Å². The van der Waals surface area contributed by atoms with Crippen LogP contribution in [0.15, 0.2) is 60.9 Å². The number of benzene rings is 2. The fourth-order valence-corrected chi connectivity index (χ4v) is 4.78. The third-order valence-corrected chi connectivity index (χ3v) is 7.04. The van der Waals surface area contributed by atoms with Gasteiger partial charge in [0.15, 0.2) is 0 Å². The number of piperazine rings is 1. The van der Waals surface area contributed by atoms with E-state index in [1.807, 2.05) is 46.2 Å². The number of aromatic amines is 1. The molecule has 190 valence electrons. The summed E-state index contributed by atoms with van der Waals surface area (Å²) in [5.41, 5.74) is 2.62. The van der Waals surface area contributed by atoms with Gasteiger partial charge in [-0.25, -0.2) is 4.39 Å². The van der Waals surface area contributed by atoms with E-state index in [9.17, 15) is 14.0 Å². The maximum Gasteiger partial charge on any atom is 0.251 e. The van der Waals surface area contributed by atoms with Gasteiger partial charge in [-0.3, -0.25) is 14.3 Å². The molecule has 0 radical (unpaired) electrons. The molecule has 2 aromatic carbocycles. The van der Waals surface area contributed by atoms with Gasteiger partial charge in [-0.15, -0.1) is 0 Å². The molecule has 4 N–H and O–H groups in total. The second-order valence-electron chi connectivity index (χ2n) is 9.56. The molecule has 1 aliphatic carbocycles. The number of rotatable bonds is 10. The maximum atomic E-state index is 13.3. The number of hydrogen-bond donors (Lipinski definition) is 4. The number of nitrogens with one attached hydrogen (secondary N) is 4. The van der Waals surface area contributed by atoms with Crippen molar-refractivity contribution >= 4 is 11.8 Å². The highest BCUT2D eigenvalue weighted by Crippen LogP contribution is 2.40. The fraction of sp³-hybridized carbons (Fsp3) is 0.407. The van der Waals surface area contributed by atoms with Crippen molar-refractivity contribution in [3.8, 4) is 5.69 Å². The van der Waals surface area contributed by atoms with E-state index >= 15 is 0 Å². The number of amides is 2. The zero-order chi connectivity index (χ0) is 24.9. The summed E-state index contributed by atoms with van der Waals surface area (Å²) in [7, 11) is 0. The normalized spacial score (nSPS) is 20.2. The van der Waals surface area contributed by atoms with E-state index in [0.717, 1.165) is 43.7 Å². The van der Waals surface area contributed by atoms with E-state index in [1.165, 1.54) is 12.1 Å². The third kappa shape index (κ3) is 5.85. The lowest BCUT2D eigenvalue weighted by Gasteiger charge is -2.31. The van der Waals surface area contributed by atoms with Gasteiger partial charge in [0.25, 0.3) is 5.91 Å². The SMILES string of the molecule is O=C(N[C@@H](CCCN[C@@H]1C[C@H]1c1ccc(F)cc1)C(=O)N1CCNCC1)c1ccc(-n2cc[nH]2)cc1. The minimum Gasteiger partial charge on any atom is -0.340 e. The average molecular weight is 493 g/mol. The Bertz CT molecular complexity index is 1140. The number of carbonyl (C=O) groups is 2. The summed E-state index contributed by atoms with van der Waals surface area (Å²) >= 11 is 0. The van der Waals surface area contributed by atoms with Gasteiger partial charge in [0.05, 0.1) is 5.69 Å². The van der Waals surface area contributed by atoms with E-state index < -0.39 is 6.04 Å². The minimum absolute atomic E-state index is 0.0213. The van der Waals surface area contributed by atoms with Crippen LogP contribution in [0, 0.1) is 5.82 Å². The first-order chi connectivity index (χ1) is 17.6. The zero-order valence-electron chi connectivity index (χ0n) is 20.3. The number of halogens is 1. The summed E-state index contributed by atoms with van der Waals surface area (Å²) in [6.07, 6.45) is 6.09. The number of aromatic nitrogens is 2. The molecule has 2 amide bonds. The van der Waals surface area contributed by atoms with Crippen molar-refractivity contribution < 1.29 is 14.0 Å². The molecule has 2 aliphatic rings. The third-order valence-electron chi connectivity index (χ3n) is 7.04. The Hall–Kier alpha value is -3.43. The van der Waals surface area contributed by atoms with E-state index in [4.69, 9.17) is 0 Å². The molecule has 8 nitrogen and oxygen atoms in total. The first-order valence-electron chi connectivity index (χ1n) is 12.7. The second kappa shape index (κ2) is 11.1. The van der Waals surface area contributed by atoms with Gasteiger partial charge in [-0.1, -0.05) is 12.1 Å². The van der Waals surface area contributed by atoms with Crippen LogP contribution in [-0.2, 0) is 4.79 Å². The largest absolute Gasteiger partial charge is 0.340 e. The van der Waals surface area contributed by atoms with Crippen LogP contribution >= 0.6 is 0 Å². The van der Waals surface area contributed by atoms with Crippen LogP contribution in [0.25, 0.3) is 5.69 Å². The van der Waals surface area contributed by atoms with Gasteiger partial charge in [-0.2, -0.15) is 0 Å². The first kappa shape index (κ1) is 24.3. The molecule has 2 heterocycles. The lowest BCUT2D eigenvalue weighted by molar-refractivity contribution is -0.134. The predicted molar refractivity (Wildman–Crippen MR) is 136 cm³/mol. The van der Waals surface area contributed by atoms with Crippen molar-refractivity contribution in [3.63, 3.8) is 0 Å². The molecule has 3 atom stereocenters. The Morgan fingerprint density at radius 3 is 2.44 bits per heavy atom. The zero-order valence-corrected chi connectivity index (χ0v) is 20.3. The summed E-state index contributed by atoms with van der Waals surface area (Å²) in [5.74, 6) is -0.0680. The molecule has 0 bridgehead atoms. The molecule has 1 saturated heterocycles. The monoisotopic (exact) mass is 492 g/mol. The van der Waals surface area contributed by atoms with Crippen LogP contribution in [0.5, 0.6) is 0 Å². The summed E-state index contributed by atoms with van der Waals surface area (Å²) in [6, 6.07) is 13.8. The van der Waals surface area contributed by atoms with Gasteiger partial charge in [0.1, 0.15) is 11.9 Å². The van der Waals surface area contributed by atoms with Crippen LogP contribution in [0.3, 0.4) is 0 Å². The van der Waals surface area contributed by atoms with Gasteiger partial charge in [0.2, 0.25) is 5.91 Å². The van der Waals surface area contributed by atoms with E-state index in [1.54, 1.807) is 12.1 Å². The van der Waals surface area contributed by atoms with Crippen molar-refractivity contribution in [1.82, 2.24) is 30.6 Å². The van der Waals surface area contributed by atoms with Crippen LogP contribution in [0.4, 0.5) is 4.39 Å². The Labute approximate surface area is 210 Å². The smallest absolute Gasteiger partial charge is 0.251 e. The van der Waals surface area contributed by atoms with Crippen molar-refractivity contribution in [2.24, 2.45) is 0 Å². The van der Waals surface area contributed by atoms with Crippen molar-refractivity contribution in [1.29, 1.82) is 0 Å². The van der Waals surface area contributed by atoms with Gasteiger partial charge < -0.3 is 25.9 Å². The van der Waals surface area contributed by atoms with Gasteiger partial charge in [-0.05, 0) is 67.8 Å². The minimum atomic E-state index is -0.566.